The summed E-state index contributed by atoms with van der Waals surface area (Å²) in [4.78, 5) is 2.60. The molecule has 1 rings (SSSR count). The van der Waals surface area contributed by atoms with Gasteiger partial charge in [-0.25, -0.2) is 0 Å². The zero-order valence-electron chi connectivity index (χ0n) is 11.2. The smallest absolute Gasteiger partial charge is 0.0589 e. The molecule has 1 N–H and O–H groups in total. The van der Waals surface area contributed by atoms with Gasteiger partial charge in [-0.05, 0) is 32.2 Å². The van der Waals surface area contributed by atoms with Crippen molar-refractivity contribution in [3.8, 4) is 0 Å². The lowest BCUT2D eigenvalue weighted by atomic mass is 10.1. The molecule has 0 aromatic rings. The number of nitrogens with zero attached hydrogens (tertiary/aromatic N) is 1. The van der Waals surface area contributed by atoms with E-state index in [9.17, 15) is 0 Å². The monoisotopic (exact) mass is 228 g/mol. The fraction of sp³-hybridized carbons (Fsp3) is 1.00. The Hall–Kier alpha value is -0.120. The van der Waals surface area contributed by atoms with Gasteiger partial charge in [0, 0.05) is 32.3 Å². The molecule has 0 aromatic heterocycles. The molecule has 1 aliphatic rings. The molecule has 0 amide bonds. The Morgan fingerprint density at radius 3 is 2.62 bits per heavy atom. The molecule has 1 fully saturated rings. The Bertz CT molecular complexity index is 165. The standard InChI is InChI=1S/C13H28N2O/c1-4-13(5-2)15(9-10-16-3)11-12-7-6-8-14-12/h12-14H,4-11H2,1-3H3/t12-/m0/s1. The van der Waals surface area contributed by atoms with Crippen molar-refractivity contribution in [3.05, 3.63) is 0 Å². The highest BCUT2D eigenvalue weighted by Crippen LogP contribution is 2.13. The van der Waals surface area contributed by atoms with E-state index in [4.69, 9.17) is 4.74 Å². The molecule has 1 atom stereocenters. The second-order valence-corrected chi connectivity index (χ2v) is 4.75. The van der Waals surface area contributed by atoms with Gasteiger partial charge >= 0.3 is 0 Å². The lowest BCUT2D eigenvalue weighted by Crippen LogP contribution is -2.44. The van der Waals surface area contributed by atoms with Gasteiger partial charge in [0.2, 0.25) is 0 Å². The van der Waals surface area contributed by atoms with Crippen LogP contribution in [0, 0.1) is 0 Å². The molecule has 0 saturated carbocycles. The fourth-order valence-corrected chi connectivity index (χ4v) is 2.63. The van der Waals surface area contributed by atoms with Crippen molar-refractivity contribution in [2.45, 2.75) is 51.6 Å². The molecule has 0 aromatic carbocycles. The third-order valence-electron chi connectivity index (χ3n) is 3.66. The van der Waals surface area contributed by atoms with Gasteiger partial charge in [0.15, 0.2) is 0 Å². The zero-order valence-corrected chi connectivity index (χ0v) is 11.2. The highest BCUT2D eigenvalue weighted by atomic mass is 16.5. The minimum Gasteiger partial charge on any atom is -0.383 e. The summed E-state index contributed by atoms with van der Waals surface area (Å²) in [6, 6.07) is 1.43. The summed E-state index contributed by atoms with van der Waals surface area (Å²) < 4.78 is 5.21. The van der Waals surface area contributed by atoms with E-state index in [0.717, 1.165) is 19.2 Å². The van der Waals surface area contributed by atoms with Gasteiger partial charge in [0.05, 0.1) is 6.61 Å². The molecule has 3 heteroatoms. The summed E-state index contributed by atoms with van der Waals surface area (Å²) in [5.41, 5.74) is 0. The van der Waals surface area contributed by atoms with E-state index >= 15 is 0 Å². The number of ether oxygens (including phenoxy) is 1. The molecule has 0 spiro atoms. The Labute approximate surface area is 101 Å². The molecule has 3 nitrogen and oxygen atoms in total. The zero-order chi connectivity index (χ0) is 11.8. The van der Waals surface area contributed by atoms with Crippen molar-refractivity contribution in [3.63, 3.8) is 0 Å². The number of rotatable bonds is 8. The van der Waals surface area contributed by atoms with E-state index in [1.165, 1.54) is 38.8 Å². The third-order valence-corrected chi connectivity index (χ3v) is 3.66. The van der Waals surface area contributed by atoms with Crippen molar-refractivity contribution in [1.29, 1.82) is 0 Å². The molecule has 16 heavy (non-hydrogen) atoms. The molecule has 96 valence electrons. The lowest BCUT2D eigenvalue weighted by molar-refractivity contribution is 0.108. The normalized spacial score (nSPS) is 21.2. The number of methoxy groups -OCH3 is 1. The van der Waals surface area contributed by atoms with Crippen molar-refractivity contribution >= 4 is 0 Å². The third kappa shape index (κ3) is 4.40. The van der Waals surface area contributed by atoms with Gasteiger partial charge in [-0.3, -0.25) is 4.90 Å². The molecule has 1 aliphatic heterocycles. The van der Waals surface area contributed by atoms with E-state index in [-0.39, 0.29) is 0 Å². The van der Waals surface area contributed by atoms with Gasteiger partial charge in [-0.15, -0.1) is 0 Å². The molecule has 0 aliphatic carbocycles. The number of hydrogen-bond acceptors (Lipinski definition) is 3. The first-order valence-corrected chi connectivity index (χ1v) is 6.78. The average Bonchev–Trinajstić information content (AvgIpc) is 2.80. The molecular formula is C13H28N2O. The minimum absolute atomic E-state index is 0.706. The van der Waals surface area contributed by atoms with Gasteiger partial charge in [-0.1, -0.05) is 13.8 Å². The average molecular weight is 228 g/mol. The molecule has 1 saturated heterocycles. The van der Waals surface area contributed by atoms with Crippen LogP contribution in [0.15, 0.2) is 0 Å². The van der Waals surface area contributed by atoms with Crippen LogP contribution >= 0.6 is 0 Å². The topological polar surface area (TPSA) is 24.5 Å². The summed E-state index contributed by atoms with van der Waals surface area (Å²) in [5, 5.41) is 3.58. The molecular weight excluding hydrogens is 200 g/mol. The van der Waals surface area contributed by atoms with Gasteiger partial charge < -0.3 is 10.1 Å². The maximum Gasteiger partial charge on any atom is 0.0589 e. The maximum absolute atomic E-state index is 5.21. The molecule has 0 unspecified atom stereocenters. The molecule has 0 radical (unpaired) electrons. The first-order valence-electron chi connectivity index (χ1n) is 6.78. The molecule has 1 heterocycles. The van der Waals surface area contributed by atoms with Crippen LogP contribution in [-0.4, -0.2) is 50.3 Å². The van der Waals surface area contributed by atoms with E-state index in [2.05, 4.69) is 24.1 Å². The van der Waals surface area contributed by atoms with Crippen LogP contribution in [0.25, 0.3) is 0 Å². The summed E-state index contributed by atoms with van der Waals surface area (Å²) in [6.45, 7) is 8.89. The second-order valence-electron chi connectivity index (χ2n) is 4.75. The van der Waals surface area contributed by atoms with Gasteiger partial charge in [0.1, 0.15) is 0 Å². The second kappa shape index (κ2) is 8.04. The Kier molecular flexibility index (Phi) is 7.01. The highest BCUT2D eigenvalue weighted by Gasteiger charge is 2.21. The number of nitrogens with one attached hydrogen (secondary N) is 1. The van der Waals surface area contributed by atoms with E-state index in [1.807, 2.05) is 0 Å². The molecule has 0 bridgehead atoms. The van der Waals surface area contributed by atoms with Crippen LogP contribution in [0.2, 0.25) is 0 Å². The summed E-state index contributed by atoms with van der Waals surface area (Å²) in [6.07, 6.45) is 5.16. The van der Waals surface area contributed by atoms with E-state index < -0.39 is 0 Å². The first kappa shape index (κ1) is 13.9. The van der Waals surface area contributed by atoms with Crippen molar-refractivity contribution < 1.29 is 4.74 Å². The fourth-order valence-electron chi connectivity index (χ4n) is 2.63. The Morgan fingerprint density at radius 1 is 1.38 bits per heavy atom. The van der Waals surface area contributed by atoms with Crippen molar-refractivity contribution in [2.75, 3.05) is 33.4 Å². The largest absolute Gasteiger partial charge is 0.383 e. The van der Waals surface area contributed by atoms with Gasteiger partial charge in [0.25, 0.3) is 0 Å². The van der Waals surface area contributed by atoms with E-state index in [0.29, 0.717) is 6.04 Å². The van der Waals surface area contributed by atoms with Crippen LogP contribution in [0.4, 0.5) is 0 Å². The Balaban J connectivity index is 2.40. The van der Waals surface area contributed by atoms with Crippen molar-refractivity contribution in [1.82, 2.24) is 10.2 Å². The van der Waals surface area contributed by atoms with Crippen LogP contribution in [0.3, 0.4) is 0 Å². The summed E-state index contributed by atoms with van der Waals surface area (Å²) >= 11 is 0. The van der Waals surface area contributed by atoms with Gasteiger partial charge in [-0.2, -0.15) is 0 Å². The van der Waals surface area contributed by atoms with Crippen LogP contribution in [0.5, 0.6) is 0 Å². The van der Waals surface area contributed by atoms with Crippen LogP contribution in [0.1, 0.15) is 39.5 Å². The maximum atomic E-state index is 5.21. The summed E-state index contributed by atoms with van der Waals surface area (Å²) in [5.74, 6) is 0. The quantitative estimate of drug-likeness (QED) is 0.686. The van der Waals surface area contributed by atoms with Crippen molar-refractivity contribution in [2.24, 2.45) is 0 Å². The summed E-state index contributed by atoms with van der Waals surface area (Å²) in [7, 11) is 1.79. The van der Waals surface area contributed by atoms with E-state index in [1.54, 1.807) is 7.11 Å². The SMILES string of the molecule is CCC(CC)N(CCOC)C[C@@H]1CCCN1. The van der Waals surface area contributed by atoms with Crippen LogP contribution < -0.4 is 5.32 Å². The lowest BCUT2D eigenvalue weighted by Gasteiger charge is -2.32. The first-order chi connectivity index (χ1) is 7.81. The Morgan fingerprint density at radius 2 is 2.12 bits per heavy atom. The minimum atomic E-state index is 0.706. The number of hydrogen-bond donors (Lipinski definition) is 1. The highest BCUT2D eigenvalue weighted by molar-refractivity contribution is 4.80. The predicted octanol–water partition coefficient (Wildman–Crippen LogP) is 1.88. The van der Waals surface area contributed by atoms with Crippen LogP contribution in [-0.2, 0) is 4.74 Å². The predicted molar refractivity (Wildman–Crippen MR) is 68.8 cm³/mol.